The summed E-state index contributed by atoms with van der Waals surface area (Å²) in [5.74, 6) is 0.399. The van der Waals surface area contributed by atoms with E-state index in [1.165, 1.54) is 13.8 Å². The van der Waals surface area contributed by atoms with Gasteiger partial charge >= 0.3 is 0 Å². The van der Waals surface area contributed by atoms with E-state index >= 15 is 0 Å². The van der Waals surface area contributed by atoms with Crippen LogP contribution >= 0.6 is 0 Å². The van der Waals surface area contributed by atoms with Crippen molar-refractivity contribution < 1.29 is 9.59 Å². The topological polar surface area (TPSA) is 71.8 Å². The lowest BCUT2D eigenvalue weighted by atomic mass is 9.95. The van der Waals surface area contributed by atoms with E-state index in [4.69, 9.17) is 10.2 Å². The Morgan fingerprint density at radius 2 is 1.26 bits per heavy atom. The summed E-state index contributed by atoms with van der Waals surface area (Å²) < 4.78 is 0. The van der Waals surface area contributed by atoms with Crippen LogP contribution in [-0.4, -0.2) is 35.1 Å². The van der Waals surface area contributed by atoms with Crippen molar-refractivity contribution in [1.29, 1.82) is 0 Å². The van der Waals surface area contributed by atoms with Crippen molar-refractivity contribution in [3.63, 3.8) is 0 Å². The number of hydrogen-bond donors (Lipinski definition) is 0. The number of hydrazone groups is 2. The fraction of sp³-hybridized carbons (Fsp3) is 0.185. The van der Waals surface area contributed by atoms with E-state index in [-0.39, 0.29) is 11.6 Å². The van der Waals surface area contributed by atoms with Gasteiger partial charge in [0.25, 0.3) is 0 Å². The number of rotatable bonds is 4. The number of carbonyl (C=O) groups excluding carboxylic acids is 2. The molecule has 0 saturated carbocycles. The zero-order chi connectivity index (χ0) is 24.3. The summed E-state index contributed by atoms with van der Waals surface area (Å²) in [6, 6.07) is 27.3. The summed E-state index contributed by atoms with van der Waals surface area (Å²) in [7, 11) is 0. The highest BCUT2D eigenvalue weighted by Gasteiger charge is 2.63. The van der Waals surface area contributed by atoms with Gasteiger partial charge in [0.1, 0.15) is 0 Å². The van der Waals surface area contributed by atoms with Crippen molar-refractivity contribution >= 4 is 46.0 Å². The molecule has 35 heavy (non-hydrogen) atoms. The molecule has 174 valence electrons. The molecular weight excluding hydrogens is 440 g/mol. The summed E-state index contributed by atoms with van der Waals surface area (Å²) in [5, 5.41) is 13.5. The van der Waals surface area contributed by atoms with Crippen LogP contribution in [0.3, 0.4) is 0 Å². The normalized spacial score (nSPS) is 22.3. The number of fused-ring (bicyclic) bond motifs is 6. The SMILES string of the molecule is CC(=O)C1=NN(c2ccccc2)C2N1c1ccccc1N1C(C(C)=O)=NN(c3ccccc3)[C@@]21C. The molecule has 2 atom stereocenters. The quantitative estimate of drug-likeness (QED) is 0.576. The van der Waals surface area contributed by atoms with Gasteiger partial charge in [-0.1, -0.05) is 48.5 Å². The van der Waals surface area contributed by atoms with Crippen LogP contribution in [0.1, 0.15) is 20.8 Å². The molecule has 0 N–H and O–H groups in total. The van der Waals surface area contributed by atoms with Crippen molar-refractivity contribution in [1.82, 2.24) is 0 Å². The summed E-state index contributed by atoms with van der Waals surface area (Å²) in [6.07, 6.45) is -0.500. The Labute approximate surface area is 203 Å². The molecule has 3 aliphatic heterocycles. The standard InChI is InChI=1S/C27H24N6O2/c1-18(34)24-28-32(20-12-6-4-7-13-20)26-27(3)31(23-17-11-10-16-22(23)30(24)26)25(19(2)35)29-33(27)21-14-8-5-9-15-21/h4-17,26H,1-3H3/t26?,27-/m0/s1. The van der Waals surface area contributed by atoms with Crippen molar-refractivity contribution in [3.05, 3.63) is 84.9 Å². The molecule has 0 amide bonds. The zero-order valence-electron chi connectivity index (χ0n) is 19.7. The van der Waals surface area contributed by atoms with Gasteiger partial charge in [-0.3, -0.25) is 19.4 Å². The summed E-state index contributed by atoms with van der Waals surface area (Å²) >= 11 is 0. The van der Waals surface area contributed by atoms with Gasteiger partial charge in [0, 0.05) is 13.8 Å². The van der Waals surface area contributed by atoms with Gasteiger partial charge in [0.05, 0.1) is 22.7 Å². The van der Waals surface area contributed by atoms with Gasteiger partial charge in [0.15, 0.2) is 35.1 Å². The molecule has 0 radical (unpaired) electrons. The number of anilines is 4. The first-order valence-corrected chi connectivity index (χ1v) is 11.5. The van der Waals surface area contributed by atoms with Crippen LogP contribution in [0.5, 0.6) is 0 Å². The summed E-state index contributed by atoms with van der Waals surface area (Å²) in [6.45, 7) is 5.11. The zero-order valence-corrected chi connectivity index (χ0v) is 19.7. The number of Topliss-reactive ketones (excluding diaryl/α,β-unsaturated/α-hetero) is 2. The maximum absolute atomic E-state index is 12.9. The minimum atomic E-state index is -0.923. The van der Waals surface area contributed by atoms with Crippen molar-refractivity contribution in [2.24, 2.45) is 10.2 Å². The number of carbonyl (C=O) groups is 2. The molecule has 3 heterocycles. The molecule has 3 aromatic carbocycles. The van der Waals surface area contributed by atoms with E-state index in [0.29, 0.717) is 11.7 Å². The van der Waals surface area contributed by atoms with Crippen LogP contribution in [0, 0.1) is 0 Å². The Morgan fingerprint density at radius 1 is 0.714 bits per heavy atom. The average Bonchev–Trinajstić information content (AvgIpc) is 3.43. The molecule has 0 bridgehead atoms. The third-order valence-electron chi connectivity index (χ3n) is 6.72. The van der Waals surface area contributed by atoms with Gasteiger partial charge in [-0.25, -0.2) is 10.0 Å². The van der Waals surface area contributed by atoms with Gasteiger partial charge in [0.2, 0.25) is 0 Å². The molecule has 0 fully saturated rings. The van der Waals surface area contributed by atoms with Crippen LogP contribution in [-0.2, 0) is 9.59 Å². The van der Waals surface area contributed by atoms with E-state index in [2.05, 4.69) is 0 Å². The molecule has 0 saturated heterocycles. The smallest absolute Gasteiger partial charge is 0.199 e. The molecule has 8 nitrogen and oxygen atoms in total. The molecule has 0 spiro atoms. The summed E-state index contributed by atoms with van der Waals surface area (Å²) in [4.78, 5) is 29.8. The molecule has 0 aliphatic carbocycles. The number of para-hydroxylation sites is 4. The van der Waals surface area contributed by atoms with Crippen molar-refractivity contribution in [3.8, 4) is 0 Å². The maximum atomic E-state index is 12.9. The van der Waals surface area contributed by atoms with Crippen LogP contribution < -0.4 is 19.8 Å². The molecule has 6 rings (SSSR count). The monoisotopic (exact) mass is 464 g/mol. The van der Waals surface area contributed by atoms with Gasteiger partial charge < -0.3 is 0 Å². The molecule has 3 aromatic rings. The Bertz CT molecular complexity index is 1400. The second-order valence-electron chi connectivity index (χ2n) is 8.95. The Balaban J connectivity index is 1.66. The fourth-order valence-electron chi connectivity index (χ4n) is 5.28. The van der Waals surface area contributed by atoms with Crippen LogP contribution in [0.4, 0.5) is 22.7 Å². The first-order chi connectivity index (χ1) is 16.9. The second kappa shape index (κ2) is 7.53. The van der Waals surface area contributed by atoms with E-state index in [1.54, 1.807) is 0 Å². The van der Waals surface area contributed by atoms with E-state index in [0.717, 1.165) is 22.7 Å². The lowest BCUT2D eigenvalue weighted by molar-refractivity contribution is -0.112. The second-order valence-corrected chi connectivity index (χ2v) is 8.95. The van der Waals surface area contributed by atoms with Crippen LogP contribution in [0.25, 0.3) is 0 Å². The first-order valence-electron chi connectivity index (χ1n) is 11.5. The predicted molar refractivity (Wildman–Crippen MR) is 138 cm³/mol. The number of ketones is 2. The lowest BCUT2D eigenvalue weighted by Gasteiger charge is -2.54. The Hall–Kier alpha value is -4.46. The minimum Gasteiger partial charge on any atom is -0.293 e. The lowest BCUT2D eigenvalue weighted by Crippen LogP contribution is -2.72. The van der Waals surface area contributed by atoms with E-state index < -0.39 is 11.8 Å². The molecular formula is C27H24N6O2. The molecule has 8 heteroatoms. The Kier molecular flexibility index (Phi) is 4.54. The maximum Gasteiger partial charge on any atom is 0.199 e. The van der Waals surface area contributed by atoms with E-state index in [1.807, 2.05) is 112 Å². The highest BCUT2D eigenvalue weighted by Crippen LogP contribution is 2.52. The van der Waals surface area contributed by atoms with Crippen molar-refractivity contribution in [2.45, 2.75) is 32.6 Å². The number of amidine groups is 2. The third kappa shape index (κ3) is 2.86. The number of nitrogens with zero attached hydrogens (tertiary/aromatic N) is 6. The highest BCUT2D eigenvalue weighted by atomic mass is 16.1. The fourth-order valence-corrected chi connectivity index (χ4v) is 5.28. The molecule has 3 aliphatic rings. The molecule has 1 unspecified atom stereocenters. The number of benzene rings is 3. The number of hydrogen-bond acceptors (Lipinski definition) is 8. The van der Waals surface area contributed by atoms with Gasteiger partial charge in [-0.2, -0.15) is 0 Å². The minimum absolute atomic E-state index is 0.141. The Morgan fingerprint density at radius 3 is 1.86 bits per heavy atom. The average molecular weight is 465 g/mol. The summed E-state index contributed by atoms with van der Waals surface area (Å²) in [5.41, 5.74) is 2.34. The van der Waals surface area contributed by atoms with E-state index in [9.17, 15) is 9.59 Å². The molecule has 0 aromatic heterocycles. The predicted octanol–water partition coefficient (Wildman–Crippen LogP) is 4.20. The first kappa shape index (κ1) is 21.1. The van der Waals surface area contributed by atoms with Gasteiger partial charge in [-0.15, -0.1) is 10.2 Å². The largest absolute Gasteiger partial charge is 0.293 e. The third-order valence-corrected chi connectivity index (χ3v) is 6.72. The highest BCUT2D eigenvalue weighted by molar-refractivity contribution is 6.47. The van der Waals surface area contributed by atoms with Gasteiger partial charge in [-0.05, 0) is 43.3 Å². The van der Waals surface area contributed by atoms with Crippen LogP contribution in [0.2, 0.25) is 0 Å². The van der Waals surface area contributed by atoms with Crippen LogP contribution in [0.15, 0.2) is 95.1 Å². The van der Waals surface area contributed by atoms with Crippen molar-refractivity contribution in [2.75, 3.05) is 19.8 Å².